The molecule has 60 valence electrons. The highest BCUT2D eigenvalue weighted by atomic mass is 79.9. The molecule has 0 saturated heterocycles. The molecule has 2 rings (SSSR count). The first-order chi connectivity index (χ1) is 5.14. The minimum absolute atomic E-state index is 0.362. The summed E-state index contributed by atoms with van der Waals surface area (Å²) in [7, 11) is 0. The second-order valence-electron chi connectivity index (χ2n) is 3.04. The number of aromatic nitrogens is 1. The maximum absolute atomic E-state index is 9.85. The number of hydrogen-bond donors (Lipinski definition) is 1. The fraction of sp³-hybridized carbons (Fsp3) is 0.571. The highest BCUT2D eigenvalue weighted by molar-refractivity contribution is 9.10. The molecule has 0 amide bonds. The Kier molecular flexibility index (Phi) is 1.60. The summed E-state index contributed by atoms with van der Waals surface area (Å²) in [4.78, 5) is 0. The van der Waals surface area contributed by atoms with Crippen LogP contribution in [0.1, 0.15) is 19.0 Å². The van der Waals surface area contributed by atoms with E-state index in [9.17, 15) is 5.11 Å². The summed E-state index contributed by atoms with van der Waals surface area (Å²) >= 11 is 4.74. The van der Waals surface area contributed by atoms with Gasteiger partial charge in [-0.3, -0.25) is 0 Å². The number of aliphatic hydroxyl groups is 1. The lowest BCUT2D eigenvalue weighted by atomic mass is 10.2. The quantitative estimate of drug-likeness (QED) is 0.807. The third kappa shape index (κ3) is 1.04. The molecule has 0 radical (unpaired) electrons. The van der Waals surface area contributed by atoms with E-state index in [2.05, 4.69) is 20.3 Å². The molecule has 2 nitrogen and oxygen atoms in total. The Morgan fingerprint density at radius 2 is 2.55 bits per heavy atom. The first kappa shape index (κ1) is 7.71. The zero-order valence-corrected chi connectivity index (χ0v) is 8.44. The predicted octanol–water partition coefficient (Wildman–Crippen LogP) is 2.13. The number of rotatable bonds is 1. The second-order valence-corrected chi connectivity index (χ2v) is 4.52. The highest BCUT2D eigenvalue weighted by Gasteiger charge is 2.53. The summed E-state index contributed by atoms with van der Waals surface area (Å²) in [5, 5.41) is 11.8. The average molecular weight is 234 g/mol. The summed E-state index contributed by atoms with van der Waals surface area (Å²) < 4.78 is 5.08. The minimum atomic E-state index is -0.626. The van der Waals surface area contributed by atoms with Gasteiger partial charge in [0.05, 0.1) is 4.47 Å². The van der Waals surface area contributed by atoms with Crippen molar-refractivity contribution in [2.24, 2.45) is 5.92 Å². The van der Waals surface area contributed by atoms with E-state index in [1.807, 2.05) is 12.3 Å². The molecule has 2 unspecified atom stereocenters. The van der Waals surface area contributed by atoms with Gasteiger partial charge in [-0.25, -0.2) is 0 Å². The molecule has 1 aliphatic carbocycles. The van der Waals surface area contributed by atoms with E-state index in [1.54, 1.807) is 0 Å². The summed E-state index contributed by atoms with van der Waals surface area (Å²) in [6.07, 6.45) is 0.843. The van der Waals surface area contributed by atoms with Crippen LogP contribution in [0.2, 0.25) is 0 Å². The Morgan fingerprint density at radius 1 is 1.91 bits per heavy atom. The fourth-order valence-corrected chi connectivity index (χ4v) is 2.67. The van der Waals surface area contributed by atoms with Crippen LogP contribution in [0.3, 0.4) is 0 Å². The van der Waals surface area contributed by atoms with E-state index >= 15 is 0 Å². The maximum Gasteiger partial charge on any atom is 0.112 e. The summed E-state index contributed by atoms with van der Waals surface area (Å²) in [6, 6.07) is 0. The van der Waals surface area contributed by atoms with E-state index in [1.165, 1.54) is 11.5 Å². The zero-order chi connectivity index (χ0) is 8.06. The van der Waals surface area contributed by atoms with Gasteiger partial charge in [0.25, 0.3) is 0 Å². The largest absolute Gasteiger partial charge is 0.383 e. The molecular formula is C7H8BrNOS. The van der Waals surface area contributed by atoms with Gasteiger partial charge < -0.3 is 5.11 Å². The van der Waals surface area contributed by atoms with Crippen molar-refractivity contribution in [1.82, 2.24) is 4.37 Å². The van der Waals surface area contributed by atoms with Crippen LogP contribution in [-0.2, 0) is 5.60 Å². The van der Waals surface area contributed by atoms with Crippen LogP contribution in [0.25, 0.3) is 0 Å². The van der Waals surface area contributed by atoms with Crippen LogP contribution in [0.15, 0.2) is 9.85 Å². The van der Waals surface area contributed by atoms with Gasteiger partial charge in [-0.15, -0.1) is 0 Å². The van der Waals surface area contributed by atoms with Crippen molar-refractivity contribution in [3.05, 3.63) is 15.5 Å². The molecule has 0 bridgehead atoms. The van der Waals surface area contributed by atoms with Crippen LogP contribution < -0.4 is 0 Å². The Labute approximate surface area is 77.5 Å². The summed E-state index contributed by atoms with van der Waals surface area (Å²) in [6.45, 7) is 2.03. The molecule has 1 heterocycles. The first-order valence-corrected chi connectivity index (χ1v) is 5.10. The molecule has 0 aromatic carbocycles. The molecule has 1 aliphatic rings. The molecule has 1 saturated carbocycles. The van der Waals surface area contributed by atoms with Crippen LogP contribution in [0.4, 0.5) is 0 Å². The second kappa shape index (κ2) is 2.28. The molecule has 0 aliphatic heterocycles. The van der Waals surface area contributed by atoms with Crippen molar-refractivity contribution in [2.75, 3.05) is 0 Å². The lowest BCUT2D eigenvalue weighted by Gasteiger charge is -2.04. The van der Waals surface area contributed by atoms with E-state index in [0.29, 0.717) is 5.92 Å². The summed E-state index contributed by atoms with van der Waals surface area (Å²) in [5.74, 6) is 0.362. The van der Waals surface area contributed by atoms with E-state index in [4.69, 9.17) is 0 Å². The lowest BCUT2D eigenvalue weighted by Crippen LogP contribution is -2.08. The van der Waals surface area contributed by atoms with Gasteiger partial charge in [0.1, 0.15) is 11.3 Å². The molecule has 2 atom stereocenters. The molecule has 4 heteroatoms. The van der Waals surface area contributed by atoms with E-state index in [0.717, 1.165) is 16.6 Å². The maximum atomic E-state index is 9.85. The van der Waals surface area contributed by atoms with E-state index < -0.39 is 5.60 Å². The number of hydrogen-bond acceptors (Lipinski definition) is 3. The fourth-order valence-electron chi connectivity index (χ4n) is 1.25. The van der Waals surface area contributed by atoms with Gasteiger partial charge in [0, 0.05) is 5.38 Å². The Morgan fingerprint density at radius 3 is 2.91 bits per heavy atom. The predicted molar refractivity (Wildman–Crippen MR) is 47.5 cm³/mol. The number of nitrogens with zero attached hydrogens (tertiary/aromatic N) is 1. The molecule has 11 heavy (non-hydrogen) atoms. The Bertz CT molecular complexity index is 288. The van der Waals surface area contributed by atoms with Crippen molar-refractivity contribution < 1.29 is 5.11 Å². The van der Waals surface area contributed by atoms with Crippen molar-refractivity contribution in [3.63, 3.8) is 0 Å². The van der Waals surface area contributed by atoms with Gasteiger partial charge in [-0.05, 0) is 39.8 Å². The van der Waals surface area contributed by atoms with Crippen LogP contribution in [0.5, 0.6) is 0 Å². The molecule has 1 fully saturated rings. The van der Waals surface area contributed by atoms with Crippen molar-refractivity contribution in [3.8, 4) is 0 Å². The van der Waals surface area contributed by atoms with E-state index in [-0.39, 0.29) is 0 Å². The van der Waals surface area contributed by atoms with Crippen molar-refractivity contribution in [1.29, 1.82) is 0 Å². The van der Waals surface area contributed by atoms with Crippen LogP contribution in [0, 0.1) is 5.92 Å². The van der Waals surface area contributed by atoms with Gasteiger partial charge >= 0.3 is 0 Å². The lowest BCUT2D eigenvalue weighted by molar-refractivity contribution is 0.130. The molecular weight excluding hydrogens is 226 g/mol. The van der Waals surface area contributed by atoms with Crippen molar-refractivity contribution >= 4 is 27.5 Å². The third-order valence-electron chi connectivity index (χ3n) is 2.21. The Balaban J connectivity index is 2.37. The molecule has 1 aromatic heterocycles. The normalized spacial score (nSPS) is 35.7. The average Bonchev–Trinajstić information content (AvgIpc) is 2.43. The van der Waals surface area contributed by atoms with Crippen LogP contribution in [-0.4, -0.2) is 9.48 Å². The summed E-state index contributed by atoms with van der Waals surface area (Å²) in [5.41, 5.74) is 0.189. The zero-order valence-electron chi connectivity index (χ0n) is 6.04. The molecule has 1 aromatic rings. The topological polar surface area (TPSA) is 33.1 Å². The van der Waals surface area contributed by atoms with Crippen LogP contribution >= 0.6 is 27.5 Å². The first-order valence-electron chi connectivity index (χ1n) is 3.47. The standard InChI is InChI=1S/C7H8BrNOS/c1-4-2-7(4,10)6-5(8)3-11-9-6/h3-4,10H,2H2,1H3. The van der Waals surface area contributed by atoms with Gasteiger partial charge in [0.2, 0.25) is 0 Å². The Hall–Kier alpha value is 0.0700. The van der Waals surface area contributed by atoms with Gasteiger partial charge in [0.15, 0.2) is 0 Å². The highest BCUT2D eigenvalue weighted by Crippen LogP contribution is 2.52. The SMILES string of the molecule is CC1CC1(O)c1nscc1Br. The third-order valence-corrected chi connectivity index (χ3v) is 3.75. The monoisotopic (exact) mass is 233 g/mol. The minimum Gasteiger partial charge on any atom is -0.383 e. The van der Waals surface area contributed by atoms with Gasteiger partial charge in [-0.2, -0.15) is 4.37 Å². The molecule has 1 N–H and O–H groups in total. The van der Waals surface area contributed by atoms with Crippen molar-refractivity contribution in [2.45, 2.75) is 18.9 Å². The number of halogens is 1. The van der Waals surface area contributed by atoms with Gasteiger partial charge in [-0.1, -0.05) is 6.92 Å². The molecule has 0 spiro atoms. The smallest absolute Gasteiger partial charge is 0.112 e.